The van der Waals surface area contributed by atoms with Gasteiger partial charge in [0.05, 0.1) is 0 Å². The maximum Gasteiger partial charge on any atom is 0.223 e. The number of halogens is 3. The lowest BCUT2D eigenvalue weighted by atomic mass is 10.2. The van der Waals surface area contributed by atoms with Crippen LogP contribution in [0.2, 0.25) is 0 Å². The van der Waals surface area contributed by atoms with E-state index >= 15 is 0 Å². The minimum absolute atomic E-state index is 0.488. The zero-order valence-electron chi connectivity index (χ0n) is 5.24. The standard InChI is InChI=1S/C6H7ClF2O/c7-6(9)5(8)4-2-1-3-10-4/h4H,1-3H2/b6-5+. The van der Waals surface area contributed by atoms with Gasteiger partial charge in [0, 0.05) is 6.61 Å². The van der Waals surface area contributed by atoms with Crippen LogP contribution in [-0.2, 0) is 4.74 Å². The first-order valence-corrected chi connectivity index (χ1v) is 3.42. The third kappa shape index (κ3) is 1.67. The molecule has 0 amide bonds. The maximum atomic E-state index is 12.5. The van der Waals surface area contributed by atoms with Gasteiger partial charge in [0.2, 0.25) is 5.29 Å². The fourth-order valence-electron chi connectivity index (χ4n) is 0.899. The van der Waals surface area contributed by atoms with Gasteiger partial charge in [-0.3, -0.25) is 0 Å². The Bertz CT molecular complexity index is 148. The van der Waals surface area contributed by atoms with E-state index in [-0.39, 0.29) is 0 Å². The Balaban J connectivity index is 2.56. The van der Waals surface area contributed by atoms with E-state index in [0.717, 1.165) is 6.42 Å². The lowest BCUT2D eigenvalue weighted by Gasteiger charge is -2.03. The van der Waals surface area contributed by atoms with Crippen molar-refractivity contribution in [1.29, 1.82) is 0 Å². The quantitative estimate of drug-likeness (QED) is 0.585. The Labute approximate surface area is 62.6 Å². The summed E-state index contributed by atoms with van der Waals surface area (Å²) in [5.41, 5.74) is 0. The smallest absolute Gasteiger partial charge is 0.223 e. The lowest BCUT2D eigenvalue weighted by molar-refractivity contribution is 0.117. The fourth-order valence-corrected chi connectivity index (χ4v) is 1.02. The molecule has 1 heterocycles. The summed E-state index contributed by atoms with van der Waals surface area (Å²) in [4.78, 5) is 0. The molecule has 0 spiro atoms. The molecule has 1 nitrogen and oxygen atoms in total. The van der Waals surface area contributed by atoms with Gasteiger partial charge < -0.3 is 4.74 Å². The average molecular weight is 169 g/mol. The van der Waals surface area contributed by atoms with Crippen LogP contribution in [0.5, 0.6) is 0 Å². The monoisotopic (exact) mass is 168 g/mol. The summed E-state index contributed by atoms with van der Waals surface area (Å²) in [6.45, 7) is 0.488. The second kappa shape index (κ2) is 3.30. The summed E-state index contributed by atoms with van der Waals surface area (Å²) < 4.78 is 29.2. The van der Waals surface area contributed by atoms with E-state index < -0.39 is 17.2 Å². The van der Waals surface area contributed by atoms with E-state index in [4.69, 9.17) is 16.3 Å². The summed E-state index contributed by atoms with van der Waals surface area (Å²) in [6.07, 6.45) is 0.548. The molecule has 1 rings (SSSR count). The molecular formula is C6H7ClF2O. The summed E-state index contributed by atoms with van der Waals surface area (Å²) in [5, 5.41) is -1.29. The van der Waals surface area contributed by atoms with E-state index in [1.807, 2.05) is 0 Å². The molecule has 0 bridgehead atoms. The van der Waals surface area contributed by atoms with Gasteiger partial charge in [-0.2, -0.15) is 4.39 Å². The van der Waals surface area contributed by atoms with E-state index in [9.17, 15) is 8.78 Å². The Morgan fingerprint density at radius 1 is 1.50 bits per heavy atom. The van der Waals surface area contributed by atoms with Crippen molar-refractivity contribution >= 4 is 11.6 Å². The maximum absolute atomic E-state index is 12.5. The molecule has 0 aromatic rings. The molecule has 0 radical (unpaired) electrons. The van der Waals surface area contributed by atoms with Crippen LogP contribution in [0.1, 0.15) is 12.8 Å². The highest BCUT2D eigenvalue weighted by Gasteiger charge is 2.23. The zero-order valence-corrected chi connectivity index (χ0v) is 6.00. The predicted molar refractivity (Wildman–Crippen MR) is 34.1 cm³/mol. The van der Waals surface area contributed by atoms with E-state index in [1.165, 1.54) is 0 Å². The molecule has 1 fully saturated rings. The molecular weight excluding hydrogens is 162 g/mol. The van der Waals surface area contributed by atoms with E-state index in [1.54, 1.807) is 0 Å². The SMILES string of the molecule is F/C(Cl)=C(/F)C1CCCO1. The normalized spacial score (nSPS) is 28.5. The number of rotatable bonds is 1. The molecule has 1 aliphatic heterocycles. The van der Waals surface area contributed by atoms with Crippen LogP contribution in [0.4, 0.5) is 8.78 Å². The van der Waals surface area contributed by atoms with Crippen molar-refractivity contribution in [2.45, 2.75) is 18.9 Å². The minimum Gasteiger partial charge on any atom is -0.371 e. The first-order chi connectivity index (χ1) is 4.72. The molecule has 58 valence electrons. The van der Waals surface area contributed by atoms with Crippen LogP contribution in [0.15, 0.2) is 11.1 Å². The van der Waals surface area contributed by atoms with Crippen molar-refractivity contribution in [3.05, 3.63) is 11.1 Å². The van der Waals surface area contributed by atoms with Gasteiger partial charge in [0.15, 0.2) is 5.83 Å². The highest BCUT2D eigenvalue weighted by Crippen LogP contribution is 2.25. The third-order valence-corrected chi connectivity index (χ3v) is 1.57. The molecule has 4 heteroatoms. The number of hydrogen-bond donors (Lipinski definition) is 0. The summed E-state index contributed by atoms with van der Waals surface area (Å²) >= 11 is 4.77. The van der Waals surface area contributed by atoms with Crippen LogP contribution >= 0.6 is 11.6 Å². The molecule has 1 atom stereocenters. The summed E-state index contributed by atoms with van der Waals surface area (Å²) in [6, 6.07) is 0. The van der Waals surface area contributed by atoms with Crippen molar-refractivity contribution in [3.8, 4) is 0 Å². The van der Waals surface area contributed by atoms with Crippen LogP contribution < -0.4 is 0 Å². The first kappa shape index (κ1) is 7.95. The van der Waals surface area contributed by atoms with E-state index in [2.05, 4.69) is 0 Å². The Kier molecular flexibility index (Phi) is 2.63. The molecule has 0 aromatic carbocycles. The van der Waals surface area contributed by atoms with Crippen molar-refractivity contribution in [1.82, 2.24) is 0 Å². The second-order valence-corrected chi connectivity index (χ2v) is 2.44. The average Bonchev–Trinajstić information content (AvgIpc) is 2.36. The first-order valence-electron chi connectivity index (χ1n) is 3.04. The third-order valence-electron chi connectivity index (χ3n) is 1.39. The van der Waals surface area contributed by atoms with Gasteiger partial charge in [-0.05, 0) is 24.4 Å². The number of ether oxygens (including phenoxy) is 1. The lowest BCUT2D eigenvalue weighted by Crippen LogP contribution is -2.05. The predicted octanol–water partition coefficient (Wildman–Crippen LogP) is 2.51. The molecule has 10 heavy (non-hydrogen) atoms. The zero-order chi connectivity index (χ0) is 7.56. The highest BCUT2D eigenvalue weighted by molar-refractivity contribution is 6.28. The minimum atomic E-state index is -1.29. The van der Waals surface area contributed by atoms with Crippen molar-refractivity contribution in [3.63, 3.8) is 0 Å². The van der Waals surface area contributed by atoms with Gasteiger partial charge in [0.1, 0.15) is 6.10 Å². The molecule has 1 aliphatic rings. The van der Waals surface area contributed by atoms with Crippen LogP contribution in [-0.4, -0.2) is 12.7 Å². The largest absolute Gasteiger partial charge is 0.371 e. The summed E-state index contributed by atoms with van der Waals surface area (Å²) in [5.74, 6) is -0.973. The molecule has 0 aliphatic carbocycles. The van der Waals surface area contributed by atoms with Gasteiger partial charge in [-0.25, -0.2) is 4.39 Å². The highest BCUT2D eigenvalue weighted by atomic mass is 35.5. The van der Waals surface area contributed by atoms with Crippen molar-refractivity contribution in [2.24, 2.45) is 0 Å². The van der Waals surface area contributed by atoms with Crippen LogP contribution in [0.25, 0.3) is 0 Å². The van der Waals surface area contributed by atoms with Gasteiger partial charge in [-0.1, -0.05) is 0 Å². The molecule has 0 saturated carbocycles. The molecule has 0 N–H and O–H groups in total. The van der Waals surface area contributed by atoms with Gasteiger partial charge >= 0.3 is 0 Å². The van der Waals surface area contributed by atoms with E-state index in [0.29, 0.717) is 13.0 Å². The van der Waals surface area contributed by atoms with Gasteiger partial charge in [0.25, 0.3) is 0 Å². The Morgan fingerprint density at radius 2 is 2.20 bits per heavy atom. The molecule has 0 aromatic heterocycles. The molecule has 1 saturated heterocycles. The van der Waals surface area contributed by atoms with Crippen molar-refractivity contribution in [2.75, 3.05) is 6.61 Å². The topological polar surface area (TPSA) is 9.23 Å². The van der Waals surface area contributed by atoms with Crippen molar-refractivity contribution < 1.29 is 13.5 Å². The fraction of sp³-hybridized carbons (Fsp3) is 0.667. The Hall–Kier alpha value is -0.150. The van der Waals surface area contributed by atoms with Gasteiger partial charge in [-0.15, -0.1) is 0 Å². The molecule has 1 unspecified atom stereocenters. The van der Waals surface area contributed by atoms with Crippen LogP contribution in [0, 0.1) is 0 Å². The summed E-state index contributed by atoms with van der Waals surface area (Å²) in [7, 11) is 0. The Morgan fingerprint density at radius 3 is 2.60 bits per heavy atom. The number of hydrogen-bond acceptors (Lipinski definition) is 1. The van der Waals surface area contributed by atoms with Crippen LogP contribution in [0.3, 0.4) is 0 Å². The second-order valence-electron chi connectivity index (χ2n) is 2.11.